The Labute approximate surface area is 108 Å². The van der Waals surface area contributed by atoms with Crippen LogP contribution in [0.15, 0.2) is 35.3 Å². The summed E-state index contributed by atoms with van der Waals surface area (Å²) in [6.45, 7) is 1.28. The summed E-state index contributed by atoms with van der Waals surface area (Å²) in [4.78, 5) is 27.1. The van der Waals surface area contributed by atoms with Crippen molar-refractivity contribution in [2.45, 2.75) is 6.92 Å². The number of amides is 1. The van der Waals surface area contributed by atoms with Crippen molar-refractivity contribution in [2.75, 3.05) is 12.5 Å². The molecule has 1 amide bonds. The van der Waals surface area contributed by atoms with Gasteiger partial charge >= 0.3 is 5.69 Å². The summed E-state index contributed by atoms with van der Waals surface area (Å²) < 4.78 is 5.04. The number of carbonyl (C=O) groups is 1. The third-order valence-corrected chi connectivity index (χ3v) is 2.34. The third kappa shape index (κ3) is 2.95. The molecule has 0 spiro atoms. The smallest absolute Gasteiger partial charge is 0.384 e. The van der Waals surface area contributed by atoms with Gasteiger partial charge in [-0.1, -0.05) is 0 Å². The average Bonchev–Trinajstić information content (AvgIpc) is 2.41. The van der Waals surface area contributed by atoms with E-state index >= 15 is 0 Å². The molecular weight excluding hydrogens is 248 g/mol. The summed E-state index contributed by atoms with van der Waals surface area (Å²) in [7, 11) is 1.57. The van der Waals surface area contributed by atoms with Crippen LogP contribution in [0.25, 0.3) is 11.3 Å². The van der Waals surface area contributed by atoms with Gasteiger partial charge in [0.15, 0.2) is 0 Å². The summed E-state index contributed by atoms with van der Waals surface area (Å²) in [5.41, 5.74) is 2.75. The van der Waals surface area contributed by atoms with E-state index in [0.717, 1.165) is 10.4 Å². The third-order valence-electron chi connectivity index (χ3n) is 2.34. The number of ether oxygens (including phenoxy) is 1. The molecule has 0 aliphatic heterocycles. The number of benzene rings is 1. The highest BCUT2D eigenvalue weighted by Gasteiger charge is 2.05. The minimum Gasteiger partial charge on any atom is -0.497 e. The number of rotatable bonds is 3. The largest absolute Gasteiger partial charge is 0.497 e. The van der Waals surface area contributed by atoms with Crippen LogP contribution in [-0.4, -0.2) is 27.9 Å². The van der Waals surface area contributed by atoms with Crippen LogP contribution in [-0.2, 0) is 4.79 Å². The number of methoxy groups -OCH3 is 1. The van der Waals surface area contributed by atoms with Crippen LogP contribution in [0, 0.1) is 0 Å². The molecule has 1 heterocycles. The number of nitrogens with one attached hydrogen (secondary N) is 1. The van der Waals surface area contributed by atoms with Crippen molar-refractivity contribution in [3.8, 4) is 17.0 Å². The molecule has 7 nitrogen and oxygen atoms in total. The topological polar surface area (TPSA) is 86.1 Å². The van der Waals surface area contributed by atoms with Crippen LogP contribution in [0.1, 0.15) is 6.92 Å². The van der Waals surface area contributed by atoms with Gasteiger partial charge in [-0.15, -0.1) is 4.79 Å². The fourth-order valence-electron chi connectivity index (χ4n) is 1.47. The van der Waals surface area contributed by atoms with E-state index in [2.05, 4.69) is 15.5 Å². The highest BCUT2D eigenvalue weighted by molar-refractivity contribution is 5.80. The Morgan fingerprint density at radius 1 is 1.32 bits per heavy atom. The lowest BCUT2D eigenvalue weighted by Crippen LogP contribution is -2.35. The number of hydrogen-bond acceptors (Lipinski definition) is 5. The van der Waals surface area contributed by atoms with Crippen LogP contribution in [0.3, 0.4) is 0 Å². The fourth-order valence-corrected chi connectivity index (χ4v) is 1.47. The van der Waals surface area contributed by atoms with E-state index in [-0.39, 0.29) is 0 Å². The number of hydrogen-bond donors (Lipinski definition) is 1. The Bertz CT molecular complexity index is 649. The molecule has 1 aromatic heterocycles. The van der Waals surface area contributed by atoms with Crippen molar-refractivity contribution >= 4 is 5.91 Å². The van der Waals surface area contributed by atoms with Crippen LogP contribution in [0.5, 0.6) is 5.75 Å². The lowest BCUT2D eigenvalue weighted by Gasteiger charge is -2.05. The molecule has 2 rings (SSSR count). The first-order valence-electron chi connectivity index (χ1n) is 5.48. The Morgan fingerprint density at radius 3 is 2.53 bits per heavy atom. The number of aromatic nitrogens is 3. The van der Waals surface area contributed by atoms with E-state index in [9.17, 15) is 9.59 Å². The molecule has 0 radical (unpaired) electrons. The molecule has 98 valence electrons. The zero-order valence-corrected chi connectivity index (χ0v) is 10.5. The van der Waals surface area contributed by atoms with Gasteiger partial charge in [-0.3, -0.25) is 4.79 Å². The van der Waals surface area contributed by atoms with E-state index in [0.29, 0.717) is 11.4 Å². The van der Waals surface area contributed by atoms with Gasteiger partial charge in [0.05, 0.1) is 19.0 Å². The molecule has 1 N–H and O–H groups in total. The molecule has 1 aromatic carbocycles. The summed E-state index contributed by atoms with van der Waals surface area (Å²) in [6, 6.07) is 7.06. The standard InChI is InChI=1S/C12H12N4O3/c1-8(17)15-16-12(18)14-11(7-13-16)9-3-5-10(19-2)6-4-9/h3-7H,1-2H3,(H,15,17). The number of carbonyl (C=O) groups excluding carboxylic acids is 1. The first kappa shape index (κ1) is 12.7. The van der Waals surface area contributed by atoms with Crippen LogP contribution in [0.4, 0.5) is 0 Å². The first-order chi connectivity index (χ1) is 9.10. The predicted octanol–water partition coefficient (Wildman–Crippen LogP) is 0.404. The molecule has 0 saturated carbocycles. The summed E-state index contributed by atoms with van der Waals surface area (Å²) in [5.74, 6) is 0.317. The normalized spacial score (nSPS) is 10.0. The molecular formula is C12H12N4O3. The Balaban J connectivity index is 2.33. The summed E-state index contributed by atoms with van der Waals surface area (Å²) in [6.07, 6.45) is 1.40. The lowest BCUT2D eigenvalue weighted by molar-refractivity contribution is -0.115. The zero-order valence-electron chi connectivity index (χ0n) is 10.5. The van der Waals surface area contributed by atoms with E-state index in [1.54, 1.807) is 31.4 Å². The maximum atomic E-state index is 11.6. The SMILES string of the molecule is COc1ccc(-c2cnn(NC(C)=O)c(=O)n2)cc1. The summed E-state index contributed by atoms with van der Waals surface area (Å²) in [5, 5.41) is 3.82. The van der Waals surface area contributed by atoms with Crippen LogP contribution >= 0.6 is 0 Å². The van der Waals surface area contributed by atoms with Crippen molar-refractivity contribution in [3.05, 3.63) is 40.9 Å². The first-order valence-corrected chi connectivity index (χ1v) is 5.48. The molecule has 0 atom stereocenters. The van der Waals surface area contributed by atoms with Crippen molar-refractivity contribution in [1.29, 1.82) is 0 Å². The molecule has 0 fully saturated rings. The molecule has 2 aromatic rings. The van der Waals surface area contributed by atoms with Crippen molar-refractivity contribution in [2.24, 2.45) is 0 Å². The van der Waals surface area contributed by atoms with Gasteiger partial charge in [0, 0.05) is 12.5 Å². The lowest BCUT2D eigenvalue weighted by atomic mass is 10.1. The maximum absolute atomic E-state index is 11.6. The molecule has 0 bridgehead atoms. The Kier molecular flexibility index (Phi) is 3.56. The second-order valence-electron chi connectivity index (χ2n) is 3.73. The van der Waals surface area contributed by atoms with E-state index in [1.165, 1.54) is 13.1 Å². The van der Waals surface area contributed by atoms with Crippen molar-refractivity contribution in [3.63, 3.8) is 0 Å². The van der Waals surface area contributed by atoms with Crippen LogP contribution < -0.4 is 15.9 Å². The zero-order chi connectivity index (χ0) is 13.8. The van der Waals surface area contributed by atoms with Gasteiger partial charge in [-0.05, 0) is 24.3 Å². The van der Waals surface area contributed by atoms with E-state index < -0.39 is 11.6 Å². The van der Waals surface area contributed by atoms with Gasteiger partial charge in [0.25, 0.3) is 0 Å². The monoisotopic (exact) mass is 260 g/mol. The predicted molar refractivity (Wildman–Crippen MR) is 68.3 cm³/mol. The molecule has 0 unspecified atom stereocenters. The Hall–Kier alpha value is -2.70. The number of nitrogens with zero attached hydrogens (tertiary/aromatic N) is 3. The van der Waals surface area contributed by atoms with Gasteiger partial charge in [0.2, 0.25) is 5.91 Å². The van der Waals surface area contributed by atoms with Gasteiger partial charge < -0.3 is 4.74 Å². The molecule has 0 aliphatic rings. The Morgan fingerprint density at radius 2 is 2.00 bits per heavy atom. The maximum Gasteiger partial charge on any atom is 0.384 e. The second kappa shape index (κ2) is 5.30. The van der Waals surface area contributed by atoms with Gasteiger partial charge in [-0.2, -0.15) is 10.1 Å². The van der Waals surface area contributed by atoms with Crippen molar-refractivity contribution < 1.29 is 9.53 Å². The minimum absolute atomic E-state index is 0.395. The van der Waals surface area contributed by atoms with Gasteiger partial charge in [0.1, 0.15) is 5.75 Å². The van der Waals surface area contributed by atoms with Gasteiger partial charge in [-0.25, -0.2) is 10.2 Å². The fraction of sp³-hybridized carbons (Fsp3) is 0.167. The van der Waals surface area contributed by atoms with Crippen molar-refractivity contribution in [1.82, 2.24) is 14.9 Å². The molecule has 19 heavy (non-hydrogen) atoms. The molecule has 0 aliphatic carbocycles. The second-order valence-corrected chi connectivity index (χ2v) is 3.73. The van der Waals surface area contributed by atoms with Crippen LogP contribution in [0.2, 0.25) is 0 Å². The quantitative estimate of drug-likeness (QED) is 0.863. The van der Waals surface area contributed by atoms with E-state index in [4.69, 9.17) is 4.74 Å². The minimum atomic E-state index is -0.650. The highest BCUT2D eigenvalue weighted by Crippen LogP contribution is 2.18. The average molecular weight is 260 g/mol. The van der Waals surface area contributed by atoms with E-state index in [1.807, 2.05) is 0 Å². The molecule has 7 heteroatoms. The summed E-state index contributed by atoms with van der Waals surface area (Å²) >= 11 is 0. The molecule has 0 saturated heterocycles. The highest BCUT2D eigenvalue weighted by atomic mass is 16.5.